The number of carbonyl (C=O) groups is 1. The minimum absolute atomic E-state index is 0.200. The summed E-state index contributed by atoms with van der Waals surface area (Å²) in [5.74, 6) is -0.418. The van der Waals surface area contributed by atoms with Crippen LogP contribution in [0.1, 0.15) is 26.7 Å². The van der Waals surface area contributed by atoms with E-state index in [1.54, 1.807) is 0 Å². The Hall–Kier alpha value is -0.650. The Morgan fingerprint density at radius 1 is 1.56 bits per heavy atom. The Kier molecular flexibility index (Phi) is 4.25. The van der Waals surface area contributed by atoms with E-state index in [4.69, 9.17) is 4.74 Å². The molecule has 0 aromatic heterocycles. The smallest absolute Gasteiger partial charge is 0.325 e. The topological polar surface area (TPSA) is 61.8 Å². The van der Waals surface area contributed by atoms with E-state index < -0.39 is 11.5 Å². The zero-order valence-corrected chi connectivity index (χ0v) is 11.3. The molecule has 18 heavy (non-hydrogen) atoms. The lowest BCUT2D eigenvalue weighted by molar-refractivity contribution is -0.148. The molecular weight excluding hydrogens is 232 g/mol. The van der Waals surface area contributed by atoms with E-state index in [9.17, 15) is 9.90 Å². The molecule has 1 saturated heterocycles. The van der Waals surface area contributed by atoms with Gasteiger partial charge in [-0.2, -0.15) is 0 Å². The number of aliphatic carboxylic acids is 1. The number of hydrogen-bond donors (Lipinski definition) is 2. The molecule has 1 heterocycles. The second-order valence-corrected chi connectivity index (χ2v) is 5.50. The SMILES string of the molecule is CCNC(CN1CCOC(C)C1)(C(=O)O)C1CC1. The minimum atomic E-state index is -0.758. The molecule has 0 amide bonds. The molecule has 5 heteroatoms. The van der Waals surface area contributed by atoms with Gasteiger partial charge in [0, 0.05) is 19.6 Å². The second kappa shape index (κ2) is 5.55. The van der Waals surface area contributed by atoms with Crippen LogP contribution in [0.4, 0.5) is 0 Å². The molecule has 0 bridgehead atoms. The van der Waals surface area contributed by atoms with Gasteiger partial charge < -0.3 is 15.2 Å². The third kappa shape index (κ3) is 2.84. The molecule has 0 spiro atoms. The quantitative estimate of drug-likeness (QED) is 0.727. The van der Waals surface area contributed by atoms with Gasteiger partial charge in [0.25, 0.3) is 0 Å². The molecule has 2 fully saturated rings. The molecule has 2 aliphatic rings. The van der Waals surface area contributed by atoms with Crippen molar-refractivity contribution in [1.29, 1.82) is 0 Å². The van der Waals surface area contributed by atoms with E-state index in [0.717, 1.165) is 25.9 Å². The van der Waals surface area contributed by atoms with Gasteiger partial charge in [-0.15, -0.1) is 0 Å². The summed E-state index contributed by atoms with van der Waals surface area (Å²) in [4.78, 5) is 14.0. The summed E-state index contributed by atoms with van der Waals surface area (Å²) in [5, 5.41) is 12.9. The molecule has 1 aliphatic heterocycles. The van der Waals surface area contributed by atoms with Gasteiger partial charge in [0.15, 0.2) is 0 Å². The highest BCUT2D eigenvalue weighted by Crippen LogP contribution is 2.40. The van der Waals surface area contributed by atoms with Crippen LogP contribution in [-0.2, 0) is 9.53 Å². The van der Waals surface area contributed by atoms with Crippen molar-refractivity contribution in [2.24, 2.45) is 5.92 Å². The van der Waals surface area contributed by atoms with Gasteiger partial charge in [0.05, 0.1) is 12.7 Å². The molecule has 5 nitrogen and oxygen atoms in total. The Morgan fingerprint density at radius 2 is 2.28 bits per heavy atom. The van der Waals surface area contributed by atoms with Crippen molar-refractivity contribution in [3.63, 3.8) is 0 Å². The van der Waals surface area contributed by atoms with Gasteiger partial charge in [0.1, 0.15) is 5.54 Å². The largest absolute Gasteiger partial charge is 0.480 e. The van der Waals surface area contributed by atoms with Gasteiger partial charge in [-0.05, 0) is 32.2 Å². The van der Waals surface area contributed by atoms with Crippen molar-refractivity contribution < 1.29 is 14.6 Å². The molecule has 1 saturated carbocycles. The van der Waals surface area contributed by atoms with Crippen molar-refractivity contribution in [3.05, 3.63) is 0 Å². The molecule has 0 aromatic carbocycles. The maximum atomic E-state index is 11.7. The van der Waals surface area contributed by atoms with Gasteiger partial charge in [0.2, 0.25) is 0 Å². The number of carboxylic acid groups (broad SMARTS) is 1. The summed E-state index contributed by atoms with van der Waals surface area (Å²) >= 11 is 0. The molecule has 2 atom stereocenters. The number of nitrogens with zero attached hydrogens (tertiary/aromatic N) is 1. The van der Waals surface area contributed by atoms with E-state index in [0.29, 0.717) is 19.7 Å². The predicted molar refractivity (Wildman–Crippen MR) is 68.6 cm³/mol. The van der Waals surface area contributed by atoms with Crippen molar-refractivity contribution >= 4 is 5.97 Å². The Morgan fingerprint density at radius 3 is 2.78 bits per heavy atom. The van der Waals surface area contributed by atoms with Crippen LogP contribution in [-0.4, -0.2) is 60.4 Å². The lowest BCUT2D eigenvalue weighted by Crippen LogP contribution is -2.62. The fourth-order valence-electron chi connectivity index (χ4n) is 2.93. The number of hydrogen-bond acceptors (Lipinski definition) is 4. The highest BCUT2D eigenvalue weighted by atomic mass is 16.5. The third-order valence-corrected chi connectivity index (χ3v) is 3.95. The average Bonchev–Trinajstić information content (AvgIpc) is 3.12. The van der Waals surface area contributed by atoms with Gasteiger partial charge in [-0.25, -0.2) is 0 Å². The van der Waals surface area contributed by atoms with Crippen LogP contribution in [0.15, 0.2) is 0 Å². The van der Waals surface area contributed by atoms with E-state index >= 15 is 0 Å². The molecule has 0 radical (unpaired) electrons. The summed E-state index contributed by atoms with van der Waals surface area (Å²) < 4.78 is 5.51. The minimum Gasteiger partial charge on any atom is -0.480 e. The van der Waals surface area contributed by atoms with E-state index in [-0.39, 0.29) is 12.0 Å². The molecule has 104 valence electrons. The normalized spacial score (nSPS) is 28.9. The van der Waals surface area contributed by atoms with Crippen LogP contribution < -0.4 is 5.32 Å². The predicted octanol–water partition coefficient (Wildman–Crippen LogP) is 0.550. The number of nitrogens with one attached hydrogen (secondary N) is 1. The number of ether oxygens (including phenoxy) is 1. The monoisotopic (exact) mass is 256 g/mol. The van der Waals surface area contributed by atoms with E-state index in [1.165, 1.54) is 0 Å². The van der Waals surface area contributed by atoms with Crippen LogP contribution in [0, 0.1) is 5.92 Å². The zero-order valence-electron chi connectivity index (χ0n) is 11.3. The number of morpholine rings is 1. The van der Waals surface area contributed by atoms with E-state index in [2.05, 4.69) is 10.2 Å². The first-order valence-corrected chi connectivity index (χ1v) is 6.91. The standard InChI is InChI=1S/C13H24N2O3/c1-3-14-13(12(16)17,11-4-5-11)9-15-6-7-18-10(2)8-15/h10-11,14H,3-9H2,1-2H3,(H,16,17). The van der Waals surface area contributed by atoms with Crippen molar-refractivity contribution in [2.45, 2.75) is 38.3 Å². The van der Waals surface area contributed by atoms with Crippen molar-refractivity contribution in [3.8, 4) is 0 Å². The average molecular weight is 256 g/mol. The lowest BCUT2D eigenvalue weighted by Gasteiger charge is -2.39. The Bertz CT molecular complexity index is 307. The molecule has 0 aromatic rings. The summed E-state index contributed by atoms with van der Waals surface area (Å²) in [6, 6.07) is 0. The maximum Gasteiger partial charge on any atom is 0.325 e. The molecule has 2 unspecified atom stereocenters. The first kappa shape index (κ1) is 13.8. The Labute approximate surface area is 108 Å². The van der Waals surface area contributed by atoms with Crippen LogP contribution >= 0.6 is 0 Å². The Balaban J connectivity index is 2.06. The summed E-state index contributed by atoms with van der Waals surface area (Å²) in [5.41, 5.74) is -0.758. The number of rotatable bonds is 6. The van der Waals surface area contributed by atoms with E-state index in [1.807, 2.05) is 13.8 Å². The number of carboxylic acids is 1. The van der Waals surface area contributed by atoms with Crippen molar-refractivity contribution in [2.75, 3.05) is 32.8 Å². The highest BCUT2D eigenvalue weighted by molar-refractivity contribution is 5.80. The van der Waals surface area contributed by atoms with Crippen LogP contribution in [0.25, 0.3) is 0 Å². The fraction of sp³-hybridized carbons (Fsp3) is 0.923. The van der Waals surface area contributed by atoms with Crippen LogP contribution in [0.3, 0.4) is 0 Å². The zero-order chi connectivity index (χ0) is 13.2. The van der Waals surface area contributed by atoms with Crippen LogP contribution in [0.2, 0.25) is 0 Å². The molecule has 2 N–H and O–H groups in total. The lowest BCUT2D eigenvalue weighted by atomic mass is 9.92. The summed E-state index contributed by atoms with van der Waals surface area (Å²) in [6.45, 7) is 7.66. The first-order chi connectivity index (χ1) is 8.58. The second-order valence-electron chi connectivity index (χ2n) is 5.50. The van der Waals surface area contributed by atoms with Gasteiger partial charge >= 0.3 is 5.97 Å². The molecule has 2 rings (SSSR count). The summed E-state index contributed by atoms with van der Waals surface area (Å²) in [7, 11) is 0. The molecular formula is C13H24N2O3. The van der Waals surface area contributed by atoms with Crippen molar-refractivity contribution in [1.82, 2.24) is 10.2 Å². The molecule has 1 aliphatic carbocycles. The van der Waals surface area contributed by atoms with Crippen LogP contribution in [0.5, 0.6) is 0 Å². The third-order valence-electron chi connectivity index (χ3n) is 3.95. The summed E-state index contributed by atoms with van der Waals surface area (Å²) in [6.07, 6.45) is 2.25. The number of likely N-dealkylation sites (N-methyl/N-ethyl adjacent to an activating group) is 1. The fourth-order valence-corrected chi connectivity index (χ4v) is 2.93. The maximum absolute atomic E-state index is 11.7. The first-order valence-electron chi connectivity index (χ1n) is 6.91. The van der Waals surface area contributed by atoms with Gasteiger partial charge in [-0.1, -0.05) is 6.92 Å². The van der Waals surface area contributed by atoms with Gasteiger partial charge in [-0.3, -0.25) is 9.69 Å². The highest BCUT2D eigenvalue weighted by Gasteiger charge is 2.51.